The summed E-state index contributed by atoms with van der Waals surface area (Å²) in [5.74, 6) is -1.05. The minimum atomic E-state index is -1.28. The van der Waals surface area contributed by atoms with E-state index in [0.717, 1.165) is 0 Å². The summed E-state index contributed by atoms with van der Waals surface area (Å²) in [6, 6.07) is -0.507. The number of carbonyl (C=O) groups is 3. The number of likely N-dealkylation sites (N-methyl/N-ethyl adjacent to an activating group) is 1. The van der Waals surface area contributed by atoms with Crippen LogP contribution in [0.2, 0.25) is 0 Å². The van der Waals surface area contributed by atoms with Crippen molar-refractivity contribution < 1.29 is 24.2 Å². The van der Waals surface area contributed by atoms with Gasteiger partial charge in [-0.3, -0.25) is 0 Å². The van der Waals surface area contributed by atoms with Crippen LogP contribution in [0.15, 0.2) is 0 Å². The normalized spacial score (nSPS) is 18.3. The molecule has 1 saturated heterocycles. The molecule has 1 atom stereocenters. The highest BCUT2D eigenvalue weighted by Crippen LogP contribution is 2.20. The molecule has 1 heterocycles. The third-order valence-electron chi connectivity index (χ3n) is 3.71. The van der Waals surface area contributed by atoms with E-state index in [1.807, 2.05) is 0 Å². The summed E-state index contributed by atoms with van der Waals surface area (Å²) in [5.41, 5.74) is -1.28. The number of carboxylic acids is 1. The Morgan fingerprint density at radius 2 is 2.05 bits per heavy atom. The van der Waals surface area contributed by atoms with Gasteiger partial charge in [-0.15, -0.1) is 0 Å². The predicted molar refractivity (Wildman–Crippen MR) is 75.0 cm³/mol. The lowest BCUT2D eigenvalue weighted by Crippen LogP contribution is -2.56. The molecule has 2 N–H and O–H groups in total. The molecule has 21 heavy (non-hydrogen) atoms. The molecular formula is C13H23N3O5. The number of ether oxygens (including phenoxy) is 1. The molecule has 0 aromatic heterocycles. The summed E-state index contributed by atoms with van der Waals surface area (Å²) < 4.78 is 4.52. The van der Waals surface area contributed by atoms with E-state index in [2.05, 4.69) is 10.1 Å². The highest BCUT2D eigenvalue weighted by molar-refractivity contribution is 5.85. The van der Waals surface area contributed by atoms with E-state index in [1.165, 1.54) is 25.9 Å². The molecule has 1 aliphatic heterocycles. The molecule has 1 unspecified atom stereocenters. The topological polar surface area (TPSA) is 99.2 Å². The van der Waals surface area contributed by atoms with E-state index < -0.39 is 17.6 Å². The lowest BCUT2D eigenvalue weighted by Gasteiger charge is -2.36. The second-order valence-electron chi connectivity index (χ2n) is 5.46. The molecule has 0 aromatic rings. The summed E-state index contributed by atoms with van der Waals surface area (Å²) in [4.78, 5) is 37.8. The molecule has 0 aliphatic carbocycles. The minimum Gasteiger partial charge on any atom is -0.480 e. The van der Waals surface area contributed by atoms with E-state index in [-0.39, 0.29) is 12.1 Å². The van der Waals surface area contributed by atoms with Gasteiger partial charge >= 0.3 is 18.1 Å². The number of urea groups is 1. The fourth-order valence-electron chi connectivity index (χ4n) is 2.33. The van der Waals surface area contributed by atoms with Gasteiger partial charge in [0.1, 0.15) is 5.54 Å². The lowest BCUT2D eigenvalue weighted by molar-refractivity contribution is -0.147. The molecule has 1 rings (SSSR count). The Labute approximate surface area is 124 Å². The maximum atomic E-state index is 12.5. The van der Waals surface area contributed by atoms with Gasteiger partial charge in [-0.2, -0.15) is 0 Å². The second-order valence-corrected chi connectivity index (χ2v) is 5.46. The molecule has 0 spiro atoms. The smallest absolute Gasteiger partial charge is 0.407 e. The van der Waals surface area contributed by atoms with Gasteiger partial charge in [0, 0.05) is 19.6 Å². The van der Waals surface area contributed by atoms with Crippen LogP contribution in [0, 0.1) is 0 Å². The SMILES string of the molecule is CCN(C(=O)N1CCC(NC(=O)OC)C1)C(C)(C)C(=O)O. The van der Waals surface area contributed by atoms with Crippen LogP contribution in [-0.4, -0.2) is 71.3 Å². The van der Waals surface area contributed by atoms with Crippen molar-refractivity contribution in [2.24, 2.45) is 0 Å². The third-order valence-corrected chi connectivity index (χ3v) is 3.71. The number of carbonyl (C=O) groups excluding carboxylic acids is 2. The number of hydrogen-bond donors (Lipinski definition) is 2. The molecule has 1 aliphatic rings. The number of likely N-dealkylation sites (tertiary alicyclic amines) is 1. The van der Waals surface area contributed by atoms with Gasteiger partial charge in [-0.05, 0) is 27.2 Å². The van der Waals surface area contributed by atoms with Gasteiger partial charge in [0.05, 0.1) is 13.2 Å². The summed E-state index contributed by atoms with van der Waals surface area (Å²) in [5, 5.41) is 11.9. The first-order chi connectivity index (χ1) is 9.73. The first-order valence-corrected chi connectivity index (χ1v) is 6.88. The summed E-state index contributed by atoms with van der Waals surface area (Å²) in [7, 11) is 1.28. The summed E-state index contributed by atoms with van der Waals surface area (Å²) >= 11 is 0. The van der Waals surface area contributed by atoms with Crippen LogP contribution in [0.3, 0.4) is 0 Å². The maximum Gasteiger partial charge on any atom is 0.407 e. The molecule has 0 bridgehead atoms. The third kappa shape index (κ3) is 3.77. The van der Waals surface area contributed by atoms with Crippen molar-refractivity contribution in [3.63, 3.8) is 0 Å². The van der Waals surface area contributed by atoms with Crippen molar-refractivity contribution in [3.8, 4) is 0 Å². The van der Waals surface area contributed by atoms with Crippen molar-refractivity contribution >= 4 is 18.1 Å². The van der Waals surface area contributed by atoms with Crippen LogP contribution in [-0.2, 0) is 9.53 Å². The molecule has 120 valence electrons. The Morgan fingerprint density at radius 3 is 2.52 bits per heavy atom. The molecule has 0 saturated carbocycles. The first-order valence-electron chi connectivity index (χ1n) is 6.88. The van der Waals surface area contributed by atoms with Crippen molar-refractivity contribution in [3.05, 3.63) is 0 Å². The number of hydrogen-bond acceptors (Lipinski definition) is 4. The molecule has 0 radical (unpaired) electrons. The highest BCUT2D eigenvalue weighted by Gasteiger charge is 2.40. The maximum absolute atomic E-state index is 12.5. The zero-order chi connectivity index (χ0) is 16.2. The highest BCUT2D eigenvalue weighted by atomic mass is 16.5. The Balaban J connectivity index is 2.71. The van der Waals surface area contributed by atoms with Gasteiger partial charge < -0.3 is 25.0 Å². The van der Waals surface area contributed by atoms with E-state index >= 15 is 0 Å². The predicted octanol–water partition coefficient (Wildman–Crippen LogP) is 0.722. The molecular weight excluding hydrogens is 278 g/mol. The van der Waals surface area contributed by atoms with Gasteiger partial charge in [0.15, 0.2) is 0 Å². The monoisotopic (exact) mass is 301 g/mol. The Morgan fingerprint density at radius 1 is 1.43 bits per heavy atom. The zero-order valence-corrected chi connectivity index (χ0v) is 12.9. The Hall–Kier alpha value is -1.99. The second kappa shape index (κ2) is 6.64. The molecule has 3 amide bonds. The van der Waals surface area contributed by atoms with Gasteiger partial charge in [0.25, 0.3) is 0 Å². The first kappa shape index (κ1) is 17.1. The van der Waals surface area contributed by atoms with Crippen LogP contribution >= 0.6 is 0 Å². The van der Waals surface area contributed by atoms with Crippen LogP contribution in [0.25, 0.3) is 0 Å². The number of aliphatic carboxylic acids is 1. The van der Waals surface area contributed by atoms with Crippen LogP contribution in [0.4, 0.5) is 9.59 Å². The van der Waals surface area contributed by atoms with Crippen molar-refractivity contribution in [1.82, 2.24) is 15.1 Å². The lowest BCUT2D eigenvalue weighted by atomic mass is 10.0. The zero-order valence-electron chi connectivity index (χ0n) is 12.9. The van der Waals surface area contributed by atoms with Crippen LogP contribution < -0.4 is 5.32 Å². The average molecular weight is 301 g/mol. The molecule has 1 fully saturated rings. The van der Waals surface area contributed by atoms with Gasteiger partial charge in [-0.25, -0.2) is 14.4 Å². The van der Waals surface area contributed by atoms with Crippen LogP contribution in [0.1, 0.15) is 27.2 Å². The average Bonchev–Trinajstić information content (AvgIpc) is 2.87. The van der Waals surface area contributed by atoms with Crippen molar-refractivity contribution in [2.45, 2.75) is 38.8 Å². The number of carboxylic acid groups (broad SMARTS) is 1. The number of amides is 3. The number of methoxy groups -OCH3 is 1. The van der Waals surface area contributed by atoms with Crippen LogP contribution in [0.5, 0.6) is 0 Å². The molecule has 0 aromatic carbocycles. The molecule has 8 heteroatoms. The van der Waals surface area contributed by atoms with E-state index in [0.29, 0.717) is 26.1 Å². The van der Waals surface area contributed by atoms with E-state index in [1.54, 1.807) is 11.8 Å². The summed E-state index contributed by atoms with van der Waals surface area (Å²) in [6.07, 6.45) is 0.0822. The molecule has 8 nitrogen and oxygen atoms in total. The Kier molecular flexibility index (Phi) is 5.40. The number of nitrogens with zero attached hydrogens (tertiary/aromatic N) is 2. The standard InChI is InChI=1S/C13H23N3O5/c1-5-16(13(2,3)10(17)18)12(20)15-7-6-9(8-15)14-11(19)21-4/h9H,5-8H2,1-4H3,(H,14,19)(H,17,18). The minimum absolute atomic E-state index is 0.173. The Bertz CT molecular complexity index is 424. The van der Waals surface area contributed by atoms with Crippen molar-refractivity contribution in [1.29, 1.82) is 0 Å². The van der Waals surface area contributed by atoms with E-state index in [9.17, 15) is 19.5 Å². The summed E-state index contributed by atoms with van der Waals surface area (Å²) in [6.45, 7) is 5.85. The van der Waals surface area contributed by atoms with Gasteiger partial charge in [0.2, 0.25) is 0 Å². The number of alkyl carbamates (subject to hydrolysis) is 1. The largest absolute Gasteiger partial charge is 0.480 e. The number of nitrogens with one attached hydrogen (secondary N) is 1. The number of rotatable bonds is 4. The quantitative estimate of drug-likeness (QED) is 0.797. The van der Waals surface area contributed by atoms with Gasteiger partial charge in [-0.1, -0.05) is 0 Å². The van der Waals surface area contributed by atoms with Crippen molar-refractivity contribution in [2.75, 3.05) is 26.7 Å². The fourth-order valence-corrected chi connectivity index (χ4v) is 2.33. The van der Waals surface area contributed by atoms with E-state index in [4.69, 9.17) is 0 Å². The fraction of sp³-hybridized carbons (Fsp3) is 0.769.